The lowest BCUT2D eigenvalue weighted by molar-refractivity contribution is 0.609. The molecule has 1 N–H and O–H groups in total. The van der Waals surface area contributed by atoms with Gasteiger partial charge in [0.2, 0.25) is 0 Å². The van der Waals surface area contributed by atoms with Gasteiger partial charge in [-0.15, -0.1) is 0 Å². The highest BCUT2D eigenvalue weighted by atomic mass is 15.3. The summed E-state index contributed by atoms with van der Waals surface area (Å²) in [6.45, 7) is 7.34. The summed E-state index contributed by atoms with van der Waals surface area (Å²) in [5.41, 5.74) is 3.79. The molecule has 0 aliphatic heterocycles. The highest BCUT2D eigenvalue weighted by Gasteiger charge is 2.05. The first-order valence-electron chi connectivity index (χ1n) is 7.17. The third kappa shape index (κ3) is 3.67. The Morgan fingerprint density at radius 2 is 2.05 bits per heavy atom. The summed E-state index contributed by atoms with van der Waals surface area (Å²) >= 11 is 0. The van der Waals surface area contributed by atoms with Gasteiger partial charge in [-0.3, -0.25) is 4.68 Å². The zero-order valence-corrected chi connectivity index (χ0v) is 11.9. The monoisotopic (exact) mass is 257 g/mol. The van der Waals surface area contributed by atoms with Gasteiger partial charge in [-0.2, -0.15) is 5.10 Å². The number of hydrogen-bond donors (Lipinski definition) is 1. The molecule has 19 heavy (non-hydrogen) atoms. The number of aromatic nitrogens is 2. The number of benzene rings is 1. The van der Waals surface area contributed by atoms with E-state index in [1.165, 1.54) is 23.2 Å². The van der Waals surface area contributed by atoms with Crippen molar-refractivity contribution >= 4 is 0 Å². The Morgan fingerprint density at radius 3 is 2.84 bits per heavy atom. The molecule has 1 aromatic carbocycles. The molecule has 0 bridgehead atoms. The molecule has 1 heterocycles. The highest BCUT2D eigenvalue weighted by Crippen LogP contribution is 2.20. The standard InChI is InChI=1S/C16H23N3/c1-3-9-17-13-14-6-5-7-15(12-14)16-8-10-18-19(16)11-4-2/h5-8,10,12,17H,3-4,9,11,13H2,1-2H3. The quantitative estimate of drug-likeness (QED) is 0.770. The van der Waals surface area contributed by atoms with Gasteiger partial charge in [0.1, 0.15) is 0 Å². The van der Waals surface area contributed by atoms with Crippen molar-refractivity contribution in [3.05, 3.63) is 42.1 Å². The first-order valence-corrected chi connectivity index (χ1v) is 7.17. The molecule has 3 heteroatoms. The third-order valence-electron chi connectivity index (χ3n) is 3.13. The van der Waals surface area contributed by atoms with Crippen molar-refractivity contribution in [3.63, 3.8) is 0 Å². The van der Waals surface area contributed by atoms with E-state index in [9.17, 15) is 0 Å². The lowest BCUT2D eigenvalue weighted by Gasteiger charge is -2.09. The van der Waals surface area contributed by atoms with Crippen molar-refractivity contribution in [3.8, 4) is 11.3 Å². The Balaban J connectivity index is 2.15. The molecule has 2 aromatic rings. The molecule has 0 fully saturated rings. The third-order valence-corrected chi connectivity index (χ3v) is 3.13. The van der Waals surface area contributed by atoms with E-state index < -0.39 is 0 Å². The van der Waals surface area contributed by atoms with Gasteiger partial charge < -0.3 is 5.32 Å². The minimum atomic E-state index is 0.934. The molecular weight excluding hydrogens is 234 g/mol. The number of nitrogens with one attached hydrogen (secondary N) is 1. The molecule has 2 rings (SSSR count). The van der Waals surface area contributed by atoms with Crippen LogP contribution < -0.4 is 5.32 Å². The molecule has 1 aromatic heterocycles. The maximum Gasteiger partial charge on any atom is 0.0682 e. The van der Waals surface area contributed by atoms with Gasteiger partial charge in [0.25, 0.3) is 0 Å². The smallest absolute Gasteiger partial charge is 0.0682 e. The van der Waals surface area contributed by atoms with Crippen LogP contribution in [0.1, 0.15) is 32.3 Å². The van der Waals surface area contributed by atoms with E-state index in [1.807, 2.05) is 6.20 Å². The van der Waals surface area contributed by atoms with Crippen LogP contribution in [0.2, 0.25) is 0 Å². The van der Waals surface area contributed by atoms with Crippen molar-refractivity contribution in [2.75, 3.05) is 6.54 Å². The van der Waals surface area contributed by atoms with Crippen LogP contribution >= 0.6 is 0 Å². The summed E-state index contributed by atoms with van der Waals surface area (Å²) in [5.74, 6) is 0. The number of aryl methyl sites for hydroxylation is 1. The highest BCUT2D eigenvalue weighted by molar-refractivity contribution is 5.60. The summed E-state index contributed by atoms with van der Waals surface area (Å²) in [4.78, 5) is 0. The normalized spacial score (nSPS) is 10.8. The zero-order valence-electron chi connectivity index (χ0n) is 11.9. The molecule has 0 atom stereocenters. The maximum atomic E-state index is 4.39. The molecule has 0 aliphatic rings. The number of hydrogen-bond acceptors (Lipinski definition) is 2. The lowest BCUT2D eigenvalue weighted by atomic mass is 10.1. The molecule has 0 amide bonds. The molecular formula is C16H23N3. The molecule has 0 unspecified atom stereocenters. The van der Waals surface area contributed by atoms with E-state index in [0.29, 0.717) is 0 Å². The Kier molecular flexibility index (Phi) is 5.16. The van der Waals surface area contributed by atoms with Crippen LogP contribution in [-0.2, 0) is 13.1 Å². The van der Waals surface area contributed by atoms with Gasteiger partial charge in [0.05, 0.1) is 5.69 Å². The van der Waals surface area contributed by atoms with Crippen LogP contribution in [0.3, 0.4) is 0 Å². The molecule has 0 saturated heterocycles. The van der Waals surface area contributed by atoms with Crippen LogP contribution in [0.4, 0.5) is 0 Å². The van der Waals surface area contributed by atoms with Crippen LogP contribution in [0.15, 0.2) is 36.5 Å². The van der Waals surface area contributed by atoms with Crippen LogP contribution in [0.25, 0.3) is 11.3 Å². The van der Waals surface area contributed by atoms with Crippen LogP contribution in [0.5, 0.6) is 0 Å². The first-order chi connectivity index (χ1) is 9.35. The van der Waals surface area contributed by atoms with Crippen LogP contribution in [-0.4, -0.2) is 16.3 Å². The minimum Gasteiger partial charge on any atom is -0.313 e. The summed E-state index contributed by atoms with van der Waals surface area (Å²) in [7, 11) is 0. The molecule has 102 valence electrons. The Hall–Kier alpha value is -1.61. The van der Waals surface area contributed by atoms with E-state index >= 15 is 0 Å². The van der Waals surface area contributed by atoms with Gasteiger partial charge in [0, 0.05) is 24.8 Å². The Bertz CT molecular complexity index is 502. The van der Waals surface area contributed by atoms with Crippen molar-refractivity contribution < 1.29 is 0 Å². The minimum absolute atomic E-state index is 0.934. The fraction of sp³-hybridized carbons (Fsp3) is 0.438. The van der Waals surface area contributed by atoms with Crippen molar-refractivity contribution in [2.24, 2.45) is 0 Å². The zero-order chi connectivity index (χ0) is 13.5. The largest absolute Gasteiger partial charge is 0.313 e. The van der Waals surface area contributed by atoms with Crippen molar-refractivity contribution in [1.29, 1.82) is 0 Å². The number of rotatable bonds is 7. The van der Waals surface area contributed by atoms with E-state index in [4.69, 9.17) is 0 Å². The van der Waals surface area contributed by atoms with Gasteiger partial charge in [-0.25, -0.2) is 0 Å². The second-order valence-corrected chi connectivity index (χ2v) is 4.82. The Labute approximate surface area is 115 Å². The van der Waals surface area contributed by atoms with Crippen molar-refractivity contribution in [1.82, 2.24) is 15.1 Å². The fourth-order valence-corrected chi connectivity index (χ4v) is 2.22. The summed E-state index contributed by atoms with van der Waals surface area (Å²) in [5, 5.41) is 7.83. The summed E-state index contributed by atoms with van der Waals surface area (Å²) < 4.78 is 2.08. The number of nitrogens with zero attached hydrogens (tertiary/aromatic N) is 2. The van der Waals surface area contributed by atoms with E-state index in [1.54, 1.807) is 0 Å². The molecule has 0 saturated carbocycles. The first kappa shape index (κ1) is 13.8. The predicted octanol–water partition coefficient (Wildman–Crippen LogP) is 3.46. The van der Waals surface area contributed by atoms with Gasteiger partial charge in [0.15, 0.2) is 0 Å². The maximum absolute atomic E-state index is 4.39. The SMILES string of the molecule is CCCNCc1cccc(-c2ccnn2CCC)c1. The van der Waals surface area contributed by atoms with E-state index in [0.717, 1.165) is 26.1 Å². The van der Waals surface area contributed by atoms with Gasteiger partial charge in [-0.1, -0.05) is 32.0 Å². The summed E-state index contributed by atoms with van der Waals surface area (Å²) in [6, 6.07) is 10.8. The second kappa shape index (κ2) is 7.10. The average molecular weight is 257 g/mol. The fourth-order valence-electron chi connectivity index (χ4n) is 2.22. The second-order valence-electron chi connectivity index (χ2n) is 4.82. The van der Waals surface area contributed by atoms with Crippen molar-refractivity contribution in [2.45, 2.75) is 39.8 Å². The lowest BCUT2D eigenvalue weighted by Crippen LogP contribution is -2.13. The van der Waals surface area contributed by atoms with Crippen LogP contribution in [0, 0.1) is 0 Å². The predicted molar refractivity (Wildman–Crippen MR) is 80.0 cm³/mol. The average Bonchev–Trinajstić information content (AvgIpc) is 2.88. The molecule has 3 nitrogen and oxygen atoms in total. The molecule has 0 spiro atoms. The Morgan fingerprint density at radius 1 is 1.16 bits per heavy atom. The van der Waals surface area contributed by atoms with Gasteiger partial charge >= 0.3 is 0 Å². The molecule has 0 aliphatic carbocycles. The van der Waals surface area contributed by atoms with E-state index in [-0.39, 0.29) is 0 Å². The topological polar surface area (TPSA) is 29.9 Å². The summed E-state index contributed by atoms with van der Waals surface area (Å²) in [6.07, 6.45) is 4.16. The van der Waals surface area contributed by atoms with Gasteiger partial charge in [-0.05, 0) is 37.1 Å². The molecule has 0 radical (unpaired) electrons. The van der Waals surface area contributed by atoms with E-state index in [2.05, 4.69) is 59.3 Å².